The number of carbonyl (C=O) groups is 1. The minimum absolute atomic E-state index is 0.0385. The van der Waals surface area contributed by atoms with Crippen LogP contribution in [0.4, 0.5) is 5.82 Å². The Morgan fingerprint density at radius 1 is 1.26 bits per heavy atom. The van der Waals surface area contributed by atoms with Gasteiger partial charge in [-0.15, -0.1) is 10.2 Å². The summed E-state index contributed by atoms with van der Waals surface area (Å²) in [6.07, 6.45) is 5.80. The van der Waals surface area contributed by atoms with Gasteiger partial charge < -0.3 is 14.6 Å². The molecule has 0 aliphatic heterocycles. The molecule has 3 aromatic heterocycles. The third-order valence-corrected chi connectivity index (χ3v) is 5.57. The molecule has 0 radical (unpaired) electrons. The number of ether oxygens (including phenoxy) is 1. The standard InChI is InChI=1S/C22H23N7O2/c1-4-29-12-17(16-10-19(23-11-18(16)29)24-22(30)13-8-9-13)14-6-5-7-15(20(14)31-3)21-25-27-28(2)26-21/h5-7,10-13H,4,8-9H2,1-3H3,(H,23,24,30). The van der Waals surface area contributed by atoms with E-state index in [1.54, 1.807) is 14.2 Å². The topological polar surface area (TPSA) is 99.8 Å². The fraction of sp³-hybridized carbons (Fsp3) is 0.318. The Labute approximate surface area is 179 Å². The zero-order chi connectivity index (χ0) is 21.5. The largest absolute Gasteiger partial charge is 0.495 e. The fourth-order valence-electron chi connectivity index (χ4n) is 3.84. The van der Waals surface area contributed by atoms with Crippen LogP contribution in [-0.4, -0.2) is 42.8 Å². The number of aryl methyl sites for hydroxylation is 2. The maximum absolute atomic E-state index is 12.2. The summed E-state index contributed by atoms with van der Waals surface area (Å²) in [7, 11) is 3.37. The number of fused-ring (bicyclic) bond motifs is 1. The van der Waals surface area contributed by atoms with Crippen LogP contribution in [0.25, 0.3) is 33.4 Å². The van der Waals surface area contributed by atoms with Gasteiger partial charge in [-0.3, -0.25) is 4.79 Å². The lowest BCUT2D eigenvalue weighted by molar-refractivity contribution is -0.117. The number of methoxy groups -OCH3 is 1. The van der Waals surface area contributed by atoms with Gasteiger partial charge in [0.05, 0.1) is 31.4 Å². The van der Waals surface area contributed by atoms with E-state index in [1.807, 2.05) is 30.5 Å². The van der Waals surface area contributed by atoms with Gasteiger partial charge in [0.25, 0.3) is 0 Å². The fourth-order valence-corrected chi connectivity index (χ4v) is 3.84. The van der Waals surface area contributed by atoms with Crippen molar-refractivity contribution in [2.75, 3.05) is 12.4 Å². The molecular formula is C22H23N7O2. The van der Waals surface area contributed by atoms with Gasteiger partial charge in [-0.2, -0.15) is 4.80 Å². The third kappa shape index (κ3) is 3.41. The molecule has 4 aromatic rings. The van der Waals surface area contributed by atoms with E-state index in [9.17, 15) is 4.79 Å². The lowest BCUT2D eigenvalue weighted by Gasteiger charge is -2.11. The van der Waals surface area contributed by atoms with Crippen molar-refractivity contribution in [2.45, 2.75) is 26.3 Å². The highest BCUT2D eigenvalue weighted by atomic mass is 16.5. The van der Waals surface area contributed by atoms with E-state index in [-0.39, 0.29) is 11.8 Å². The van der Waals surface area contributed by atoms with Crippen molar-refractivity contribution in [3.05, 3.63) is 36.7 Å². The Morgan fingerprint density at radius 2 is 2.06 bits per heavy atom. The van der Waals surface area contributed by atoms with Crippen molar-refractivity contribution in [3.63, 3.8) is 0 Å². The molecule has 1 fully saturated rings. The number of para-hydroxylation sites is 1. The molecule has 9 heteroatoms. The molecule has 0 atom stereocenters. The number of benzene rings is 1. The quantitative estimate of drug-likeness (QED) is 0.517. The van der Waals surface area contributed by atoms with Gasteiger partial charge in [-0.1, -0.05) is 12.1 Å². The summed E-state index contributed by atoms with van der Waals surface area (Å²) in [5.74, 6) is 1.89. The first-order chi connectivity index (χ1) is 15.1. The number of pyridine rings is 1. The normalized spacial score (nSPS) is 13.5. The van der Waals surface area contributed by atoms with Gasteiger partial charge in [-0.25, -0.2) is 4.98 Å². The number of hydrogen-bond donors (Lipinski definition) is 1. The first-order valence-electron chi connectivity index (χ1n) is 10.3. The number of anilines is 1. The molecule has 1 aromatic carbocycles. The Hall–Kier alpha value is -3.75. The lowest BCUT2D eigenvalue weighted by Crippen LogP contribution is -2.14. The van der Waals surface area contributed by atoms with Crippen molar-refractivity contribution in [1.29, 1.82) is 0 Å². The molecule has 158 valence electrons. The van der Waals surface area contributed by atoms with Gasteiger partial charge in [-0.05, 0) is 37.1 Å². The van der Waals surface area contributed by atoms with Crippen LogP contribution in [0.5, 0.6) is 5.75 Å². The van der Waals surface area contributed by atoms with Crippen LogP contribution in [0.3, 0.4) is 0 Å². The lowest BCUT2D eigenvalue weighted by atomic mass is 10.0. The molecule has 1 amide bonds. The average molecular weight is 417 g/mol. The maximum Gasteiger partial charge on any atom is 0.228 e. The molecule has 1 aliphatic carbocycles. The van der Waals surface area contributed by atoms with E-state index in [0.29, 0.717) is 17.4 Å². The second-order valence-corrected chi connectivity index (χ2v) is 7.67. The molecule has 5 rings (SSSR count). The van der Waals surface area contributed by atoms with Crippen LogP contribution in [0.2, 0.25) is 0 Å². The van der Waals surface area contributed by atoms with E-state index in [0.717, 1.165) is 47.0 Å². The number of nitrogens with one attached hydrogen (secondary N) is 1. The Morgan fingerprint density at radius 3 is 2.74 bits per heavy atom. The predicted molar refractivity (Wildman–Crippen MR) is 117 cm³/mol. The minimum Gasteiger partial charge on any atom is -0.495 e. The van der Waals surface area contributed by atoms with Gasteiger partial charge in [0.1, 0.15) is 11.6 Å². The van der Waals surface area contributed by atoms with Crippen LogP contribution >= 0.6 is 0 Å². The smallest absolute Gasteiger partial charge is 0.228 e. The monoisotopic (exact) mass is 417 g/mol. The van der Waals surface area contributed by atoms with E-state index in [2.05, 4.69) is 43.4 Å². The molecule has 1 N–H and O–H groups in total. The number of carbonyl (C=O) groups excluding carboxylic acids is 1. The molecule has 3 heterocycles. The number of rotatable bonds is 6. The first-order valence-corrected chi connectivity index (χ1v) is 10.3. The summed E-state index contributed by atoms with van der Waals surface area (Å²) in [5.41, 5.74) is 3.66. The van der Waals surface area contributed by atoms with Crippen molar-refractivity contribution in [2.24, 2.45) is 13.0 Å². The second kappa shape index (κ2) is 7.50. The summed E-state index contributed by atoms with van der Waals surface area (Å²) >= 11 is 0. The number of amides is 1. The highest BCUT2D eigenvalue weighted by molar-refractivity contribution is 6.01. The molecule has 31 heavy (non-hydrogen) atoms. The summed E-state index contributed by atoms with van der Waals surface area (Å²) in [6, 6.07) is 7.82. The maximum atomic E-state index is 12.2. The van der Waals surface area contributed by atoms with Crippen molar-refractivity contribution in [1.82, 2.24) is 29.8 Å². The van der Waals surface area contributed by atoms with Crippen molar-refractivity contribution >= 4 is 22.6 Å². The summed E-state index contributed by atoms with van der Waals surface area (Å²) in [6.45, 7) is 2.88. The van der Waals surface area contributed by atoms with Crippen LogP contribution in [-0.2, 0) is 18.4 Å². The third-order valence-electron chi connectivity index (χ3n) is 5.57. The highest BCUT2D eigenvalue weighted by Crippen LogP contribution is 2.41. The Bertz CT molecular complexity index is 1290. The van der Waals surface area contributed by atoms with Gasteiger partial charge in [0.15, 0.2) is 0 Å². The van der Waals surface area contributed by atoms with E-state index < -0.39 is 0 Å². The van der Waals surface area contributed by atoms with Crippen molar-refractivity contribution in [3.8, 4) is 28.3 Å². The molecule has 9 nitrogen and oxygen atoms in total. The van der Waals surface area contributed by atoms with Gasteiger partial charge >= 0.3 is 0 Å². The zero-order valence-electron chi connectivity index (χ0n) is 17.7. The number of hydrogen-bond acceptors (Lipinski definition) is 6. The van der Waals surface area contributed by atoms with Crippen LogP contribution in [0, 0.1) is 5.92 Å². The Kier molecular flexibility index (Phi) is 4.65. The van der Waals surface area contributed by atoms with Crippen LogP contribution in [0.1, 0.15) is 19.8 Å². The number of aromatic nitrogens is 6. The minimum atomic E-state index is 0.0385. The van der Waals surface area contributed by atoms with Gasteiger partial charge in [0, 0.05) is 35.2 Å². The van der Waals surface area contributed by atoms with Crippen LogP contribution in [0.15, 0.2) is 36.7 Å². The van der Waals surface area contributed by atoms with Crippen LogP contribution < -0.4 is 10.1 Å². The molecular weight excluding hydrogens is 394 g/mol. The predicted octanol–water partition coefficient (Wildman–Crippen LogP) is 3.27. The molecule has 0 unspecified atom stereocenters. The number of nitrogens with zero attached hydrogens (tertiary/aromatic N) is 6. The molecule has 0 saturated heterocycles. The van der Waals surface area contributed by atoms with E-state index in [1.165, 1.54) is 4.80 Å². The van der Waals surface area contributed by atoms with E-state index >= 15 is 0 Å². The average Bonchev–Trinajstić information content (AvgIpc) is 3.45. The Balaban J connectivity index is 1.66. The van der Waals surface area contributed by atoms with E-state index in [4.69, 9.17) is 4.74 Å². The van der Waals surface area contributed by atoms with Gasteiger partial charge in [0.2, 0.25) is 11.7 Å². The molecule has 0 spiro atoms. The zero-order valence-corrected chi connectivity index (χ0v) is 17.7. The molecule has 1 saturated carbocycles. The molecule has 0 bridgehead atoms. The summed E-state index contributed by atoms with van der Waals surface area (Å²) in [4.78, 5) is 18.1. The summed E-state index contributed by atoms with van der Waals surface area (Å²) in [5, 5.41) is 16.4. The highest BCUT2D eigenvalue weighted by Gasteiger charge is 2.30. The summed E-state index contributed by atoms with van der Waals surface area (Å²) < 4.78 is 7.95. The molecule has 1 aliphatic rings. The first kappa shape index (κ1) is 19.2. The number of tetrazole rings is 1. The second-order valence-electron chi connectivity index (χ2n) is 7.67. The SMILES string of the molecule is CCn1cc(-c2cccc(-c3nnn(C)n3)c2OC)c2cc(NC(=O)C3CC3)ncc21. The van der Waals surface area contributed by atoms with Crippen molar-refractivity contribution < 1.29 is 9.53 Å².